The Morgan fingerprint density at radius 1 is 1.54 bits per heavy atom. The molecule has 0 bridgehead atoms. The summed E-state index contributed by atoms with van der Waals surface area (Å²) in [4.78, 5) is 7.00. The van der Waals surface area contributed by atoms with E-state index in [4.69, 9.17) is 10.5 Å². The van der Waals surface area contributed by atoms with Gasteiger partial charge in [-0.3, -0.25) is 0 Å². The predicted octanol–water partition coefficient (Wildman–Crippen LogP) is 1.38. The Morgan fingerprint density at radius 3 is 3.00 bits per heavy atom. The van der Waals surface area contributed by atoms with E-state index < -0.39 is 5.95 Å². The van der Waals surface area contributed by atoms with Crippen molar-refractivity contribution in [1.29, 1.82) is 0 Å². The third kappa shape index (κ3) is 2.54. The van der Waals surface area contributed by atoms with Gasteiger partial charge in [-0.2, -0.15) is 9.37 Å². The van der Waals surface area contributed by atoms with Crippen LogP contribution in [0.2, 0.25) is 0 Å². The number of nitrogens with zero attached hydrogens (tertiary/aromatic N) is 2. The average Bonchev–Trinajstić information content (AvgIpc) is 2.13. The largest absolute Gasteiger partial charge is 0.476 e. The lowest BCUT2D eigenvalue weighted by molar-refractivity contribution is 0.297. The van der Waals surface area contributed by atoms with Gasteiger partial charge in [0.1, 0.15) is 6.33 Å². The summed E-state index contributed by atoms with van der Waals surface area (Å²) < 4.78 is 17.9. The summed E-state index contributed by atoms with van der Waals surface area (Å²) in [7, 11) is 0. The van der Waals surface area contributed by atoms with Gasteiger partial charge in [0.25, 0.3) is 0 Å². The number of nitrogens with two attached hydrogens (primary N) is 1. The summed E-state index contributed by atoms with van der Waals surface area (Å²) in [5.74, 6) is -0.609. The monoisotopic (exact) mass is 185 g/mol. The SMILES string of the molecule is CCCCOc1ncnc(F)c1N. The fourth-order valence-corrected chi connectivity index (χ4v) is 0.788. The molecule has 0 fully saturated rings. The first kappa shape index (κ1) is 9.70. The molecule has 5 heteroatoms. The molecule has 2 N–H and O–H groups in total. The molecule has 0 unspecified atom stereocenters. The summed E-state index contributed by atoms with van der Waals surface area (Å²) >= 11 is 0. The van der Waals surface area contributed by atoms with Crippen LogP contribution in [0.15, 0.2) is 6.33 Å². The Morgan fingerprint density at radius 2 is 2.31 bits per heavy atom. The van der Waals surface area contributed by atoms with E-state index in [-0.39, 0.29) is 11.6 Å². The number of ether oxygens (including phenoxy) is 1. The smallest absolute Gasteiger partial charge is 0.243 e. The van der Waals surface area contributed by atoms with E-state index in [2.05, 4.69) is 9.97 Å². The van der Waals surface area contributed by atoms with Crippen LogP contribution in [0.3, 0.4) is 0 Å². The second kappa shape index (κ2) is 4.59. The van der Waals surface area contributed by atoms with Crippen LogP contribution in [0.1, 0.15) is 19.8 Å². The molecule has 1 aromatic rings. The van der Waals surface area contributed by atoms with Crippen molar-refractivity contribution in [1.82, 2.24) is 9.97 Å². The molecule has 1 aromatic heterocycles. The number of unbranched alkanes of at least 4 members (excludes halogenated alkanes) is 1. The molecule has 4 nitrogen and oxygen atoms in total. The van der Waals surface area contributed by atoms with Crippen LogP contribution >= 0.6 is 0 Å². The van der Waals surface area contributed by atoms with Gasteiger partial charge >= 0.3 is 0 Å². The number of anilines is 1. The van der Waals surface area contributed by atoms with Crippen molar-refractivity contribution in [3.8, 4) is 5.88 Å². The van der Waals surface area contributed by atoms with Crippen molar-refractivity contribution in [2.75, 3.05) is 12.3 Å². The summed E-state index contributed by atoms with van der Waals surface area (Å²) in [5.41, 5.74) is 5.21. The van der Waals surface area contributed by atoms with Crippen molar-refractivity contribution < 1.29 is 9.13 Å². The fourth-order valence-electron chi connectivity index (χ4n) is 0.788. The maximum atomic E-state index is 12.7. The van der Waals surface area contributed by atoms with Crippen LogP contribution in [-0.2, 0) is 0 Å². The molecule has 0 aromatic carbocycles. The molecule has 1 rings (SSSR count). The third-order valence-corrected chi connectivity index (χ3v) is 1.54. The molecule has 0 saturated carbocycles. The van der Waals surface area contributed by atoms with Crippen LogP contribution < -0.4 is 10.5 Å². The Balaban J connectivity index is 2.61. The van der Waals surface area contributed by atoms with E-state index in [9.17, 15) is 4.39 Å². The van der Waals surface area contributed by atoms with Crippen LogP contribution in [0.25, 0.3) is 0 Å². The Labute approximate surface area is 75.9 Å². The first-order valence-corrected chi connectivity index (χ1v) is 4.14. The molecule has 0 amide bonds. The molecule has 0 aliphatic heterocycles. The first-order chi connectivity index (χ1) is 6.25. The quantitative estimate of drug-likeness (QED) is 0.568. The number of hydrogen-bond acceptors (Lipinski definition) is 4. The summed E-state index contributed by atoms with van der Waals surface area (Å²) in [6.45, 7) is 2.53. The Hall–Kier alpha value is -1.39. The van der Waals surface area contributed by atoms with Crippen molar-refractivity contribution in [2.24, 2.45) is 0 Å². The molecule has 0 atom stereocenters. The van der Waals surface area contributed by atoms with Gasteiger partial charge < -0.3 is 10.5 Å². The van der Waals surface area contributed by atoms with E-state index in [1.165, 1.54) is 0 Å². The Bertz CT molecular complexity index is 280. The normalized spacial score (nSPS) is 10.0. The van der Waals surface area contributed by atoms with E-state index >= 15 is 0 Å². The molecular formula is C8H12FN3O. The zero-order valence-electron chi connectivity index (χ0n) is 7.46. The average molecular weight is 185 g/mol. The minimum atomic E-state index is -0.735. The van der Waals surface area contributed by atoms with Gasteiger partial charge in [0.15, 0.2) is 5.69 Å². The lowest BCUT2D eigenvalue weighted by Crippen LogP contribution is -2.04. The second-order valence-electron chi connectivity index (χ2n) is 2.59. The summed E-state index contributed by atoms with van der Waals surface area (Å²) in [5, 5.41) is 0. The third-order valence-electron chi connectivity index (χ3n) is 1.54. The molecule has 0 aliphatic carbocycles. The van der Waals surface area contributed by atoms with Gasteiger partial charge in [-0.15, -0.1) is 0 Å². The van der Waals surface area contributed by atoms with E-state index in [0.29, 0.717) is 6.61 Å². The minimum Gasteiger partial charge on any atom is -0.476 e. The fraction of sp³-hybridized carbons (Fsp3) is 0.500. The number of hydrogen-bond donors (Lipinski definition) is 1. The highest BCUT2D eigenvalue weighted by molar-refractivity contribution is 5.45. The second-order valence-corrected chi connectivity index (χ2v) is 2.59. The maximum Gasteiger partial charge on any atom is 0.243 e. The highest BCUT2D eigenvalue weighted by atomic mass is 19.1. The lowest BCUT2D eigenvalue weighted by atomic mass is 10.4. The number of aromatic nitrogens is 2. The van der Waals surface area contributed by atoms with Gasteiger partial charge in [0, 0.05) is 0 Å². The molecule has 72 valence electrons. The van der Waals surface area contributed by atoms with Crippen LogP contribution in [0, 0.1) is 5.95 Å². The number of halogens is 1. The predicted molar refractivity (Wildman–Crippen MR) is 46.8 cm³/mol. The van der Waals surface area contributed by atoms with Gasteiger partial charge in [-0.1, -0.05) is 13.3 Å². The molecule has 1 heterocycles. The zero-order valence-corrected chi connectivity index (χ0v) is 7.46. The summed E-state index contributed by atoms with van der Waals surface area (Å²) in [6, 6.07) is 0. The van der Waals surface area contributed by atoms with Gasteiger partial charge in [0.2, 0.25) is 11.8 Å². The van der Waals surface area contributed by atoms with Gasteiger partial charge in [-0.05, 0) is 6.42 Å². The van der Waals surface area contributed by atoms with E-state index in [1.807, 2.05) is 6.92 Å². The van der Waals surface area contributed by atoms with Crippen molar-refractivity contribution in [3.05, 3.63) is 12.3 Å². The highest BCUT2D eigenvalue weighted by Crippen LogP contribution is 2.18. The molecule has 0 spiro atoms. The van der Waals surface area contributed by atoms with Crippen molar-refractivity contribution >= 4 is 5.69 Å². The first-order valence-electron chi connectivity index (χ1n) is 4.14. The Kier molecular flexibility index (Phi) is 3.42. The summed E-state index contributed by atoms with van der Waals surface area (Å²) in [6.07, 6.45) is 2.99. The van der Waals surface area contributed by atoms with Crippen LogP contribution in [0.5, 0.6) is 5.88 Å². The maximum absolute atomic E-state index is 12.7. The topological polar surface area (TPSA) is 61.0 Å². The number of nitrogen functional groups attached to an aromatic ring is 1. The van der Waals surface area contributed by atoms with E-state index in [1.54, 1.807) is 0 Å². The van der Waals surface area contributed by atoms with Crippen LogP contribution in [0.4, 0.5) is 10.1 Å². The lowest BCUT2D eigenvalue weighted by Gasteiger charge is -2.05. The number of rotatable bonds is 4. The molecule has 0 saturated heterocycles. The molecule has 0 aliphatic rings. The highest BCUT2D eigenvalue weighted by Gasteiger charge is 2.07. The molecule has 0 radical (unpaired) electrons. The molecule has 13 heavy (non-hydrogen) atoms. The van der Waals surface area contributed by atoms with Gasteiger partial charge in [0.05, 0.1) is 6.61 Å². The van der Waals surface area contributed by atoms with Crippen molar-refractivity contribution in [3.63, 3.8) is 0 Å². The van der Waals surface area contributed by atoms with E-state index in [0.717, 1.165) is 19.2 Å². The zero-order chi connectivity index (χ0) is 9.68. The minimum absolute atomic E-state index is 0.126. The van der Waals surface area contributed by atoms with Crippen molar-refractivity contribution in [2.45, 2.75) is 19.8 Å². The molecular weight excluding hydrogens is 173 g/mol. The standard InChI is InChI=1S/C8H12FN3O/c1-2-3-4-13-8-6(10)7(9)11-5-12-8/h5H,2-4,10H2,1H3. The van der Waals surface area contributed by atoms with Gasteiger partial charge in [-0.25, -0.2) is 4.98 Å². The van der Waals surface area contributed by atoms with Crippen LogP contribution in [-0.4, -0.2) is 16.6 Å².